The van der Waals surface area contributed by atoms with Gasteiger partial charge in [-0.15, -0.1) is 0 Å². The van der Waals surface area contributed by atoms with Crippen molar-refractivity contribution in [2.45, 2.75) is 19.6 Å². The lowest BCUT2D eigenvalue weighted by Gasteiger charge is -2.33. The molecule has 156 valence electrons. The van der Waals surface area contributed by atoms with Gasteiger partial charge in [-0.2, -0.15) is 0 Å². The van der Waals surface area contributed by atoms with Gasteiger partial charge < -0.3 is 19.7 Å². The second-order valence-corrected chi connectivity index (χ2v) is 6.71. The van der Waals surface area contributed by atoms with E-state index in [1.165, 1.54) is 24.1 Å². The summed E-state index contributed by atoms with van der Waals surface area (Å²) in [6.45, 7) is 1.94. The van der Waals surface area contributed by atoms with Crippen LogP contribution in [0.5, 0.6) is 5.75 Å². The van der Waals surface area contributed by atoms with E-state index in [9.17, 15) is 19.7 Å². The van der Waals surface area contributed by atoms with Gasteiger partial charge in [-0.25, -0.2) is 9.59 Å². The molecule has 9 nitrogen and oxygen atoms in total. The number of esters is 1. The number of rotatable bonds is 6. The number of hydrogen-bond acceptors (Lipinski definition) is 6. The maximum atomic E-state index is 12.3. The number of nitrogens with zero attached hydrogens (tertiary/aromatic N) is 2. The molecule has 0 aliphatic carbocycles. The Morgan fingerprint density at radius 2 is 1.80 bits per heavy atom. The minimum atomic E-state index is -0.634. The molecule has 0 bridgehead atoms. The Balaban J connectivity index is 1.75. The third-order valence-corrected chi connectivity index (χ3v) is 4.93. The topological polar surface area (TPSA) is 111 Å². The van der Waals surface area contributed by atoms with Gasteiger partial charge in [0.05, 0.1) is 23.6 Å². The zero-order chi connectivity index (χ0) is 21.8. The first kappa shape index (κ1) is 20.8. The number of nitro benzene ring substituents is 1. The number of methoxy groups -OCH3 is 1. The van der Waals surface area contributed by atoms with Crippen LogP contribution in [0.3, 0.4) is 0 Å². The van der Waals surface area contributed by atoms with E-state index < -0.39 is 16.9 Å². The standard InChI is InChI=1S/C21H21N3O6/c1-13-18(20(25)29-3)19(22-21(26)23(13)2)15-6-10-17(11-7-15)30-12-14-4-8-16(9-5-14)24(27)28/h4-11,19H,12H2,1-3H3,(H,22,26). The van der Waals surface area contributed by atoms with Crippen molar-refractivity contribution >= 4 is 17.7 Å². The maximum absolute atomic E-state index is 12.3. The molecule has 0 spiro atoms. The van der Waals surface area contributed by atoms with Crippen molar-refractivity contribution in [2.24, 2.45) is 0 Å². The molecule has 9 heteroatoms. The molecule has 2 amide bonds. The number of non-ortho nitro benzene ring substituents is 1. The van der Waals surface area contributed by atoms with Crippen LogP contribution in [0, 0.1) is 10.1 Å². The van der Waals surface area contributed by atoms with E-state index in [1.807, 2.05) is 0 Å². The summed E-state index contributed by atoms with van der Waals surface area (Å²) in [5.74, 6) is 0.0690. The number of hydrogen-bond donors (Lipinski definition) is 1. The zero-order valence-corrected chi connectivity index (χ0v) is 16.7. The van der Waals surface area contributed by atoms with E-state index >= 15 is 0 Å². The average Bonchev–Trinajstić information content (AvgIpc) is 2.76. The predicted molar refractivity (Wildman–Crippen MR) is 108 cm³/mol. The third-order valence-electron chi connectivity index (χ3n) is 4.93. The van der Waals surface area contributed by atoms with Crippen molar-refractivity contribution < 1.29 is 24.0 Å². The molecular formula is C21H21N3O6. The largest absolute Gasteiger partial charge is 0.489 e. The van der Waals surface area contributed by atoms with E-state index in [1.54, 1.807) is 50.4 Å². The van der Waals surface area contributed by atoms with E-state index in [4.69, 9.17) is 9.47 Å². The SMILES string of the molecule is COC(=O)C1=C(C)N(C)C(=O)NC1c1ccc(OCc2ccc([N+](=O)[O-])cc2)cc1. The van der Waals surface area contributed by atoms with Crippen molar-refractivity contribution in [3.63, 3.8) is 0 Å². The van der Waals surface area contributed by atoms with Crippen molar-refractivity contribution in [2.75, 3.05) is 14.2 Å². The molecule has 1 aliphatic heterocycles. The van der Waals surface area contributed by atoms with Gasteiger partial charge in [0.15, 0.2) is 0 Å². The molecule has 1 N–H and O–H groups in total. The lowest BCUT2D eigenvalue weighted by Crippen LogP contribution is -2.46. The number of allylic oxidation sites excluding steroid dienone is 1. The summed E-state index contributed by atoms with van der Waals surface area (Å²) in [7, 11) is 2.88. The van der Waals surface area contributed by atoms with Crippen LogP contribution in [0.4, 0.5) is 10.5 Å². The number of carbonyl (C=O) groups is 2. The molecule has 3 rings (SSSR count). The van der Waals surface area contributed by atoms with Gasteiger partial charge in [-0.3, -0.25) is 10.1 Å². The van der Waals surface area contributed by atoms with Crippen LogP contribution < -0.4 is 10.1 Å². The van der Waals surface area contributed by atoms with Gasteiger partial charge in [0, 0.05) is 24.9 Å². The molecule has 1 unspecified atom stereocenters. The summed E-state index contributed by atoms with van der Waals surface area (Å²) >= 11 is 0. The molecule has 30 heavy (non-hydrogen) atoms. The molecule has 0 radical (unpaired) electrons. The molecule has 2 aromatic carbocycles. The predicted octanol–water partition coefficient (Wildman–Crippen LogP) is 3.32. The smallest absolute Gasteiger partial charge is 0.337 e. The number of benzene rings is 2. The van der Waals surface area contributed by atoms with Gasteiger partial charge in [-0.05, 0) is 42.3 Å². The van der Waals surface area contributed by atoms with Gasteiger partial charge >= 0.3 is 12.0 Å². The Bertz CT molecular complexity index is 998. The van der Waals surface area contributed by atoms with E-state index in [0.29, 0.717) is 22.6 Å². The lowest BCUT2D eigenvalue weighted by atomic mass is 9.95. The average molecular weight is 411 g/mol. The van der Waals surface area contributed by atoms with Crippen LogP contribution in [0.15, 0.2) is 59.8 Å². The van der Waals surface area contributed by atoms with Crippen LogP contribution >= 0.6 is 0 Å². The first-order chi connectivity index (χ1) is 14.3. The lowest BCUT2D eigenvalue weighted by molar-refractivity contribution is -0.384. The Morgan fingerprint density at radius 1 is 1.17 bits per heavy atom. The summed E-state index contributed by atoms with van der Waals surface area (Å²) < 4.78 is 10.6. The number of ether oxygens (including phenoxy) is 2. The van der Waals surface area contributed by atoms with Crippen molar-refractivity contribution in [3.05, 3.63) is 81.0 Å². The number of nitrogens with one attached hydrogen (secondary N) is 1. The second-order valence-electron chi connectivity index (χ2n) is 6.71. The molecule has 0 fully saturated rings. The molecule has 1 atom stereocenters. The number of nitro groups is 1. The van der Waals surface area contributed by atoms with Crippen molar-refractivity contribution in [1.82, 2.24) is 10.2 Å². The molecule has 0 aromatic heterocycles. The summed E-state index contributed by atoms with van der Waals surface area (Å²) in [6, 6.07) is 12.2. The molecule has 1 aliphatic rings. The van der Waals surface area contributed by atoms with E-state index in [-0.39, 0.29) is 18.3 Å². The Kier molecular flexibility index (Phi) is 6.01. The van der Waals surface area contributed by atoms with Crippen LogP contribution in [-0.4, -0.2) is 36.0 Å². The highest BCUT2D eigenvalue weighted by atomic mass is 16.6. The van der Waals surface area contributed by atoms with Crippen molar-refractivity contribution in [3.8, 4) is 5.75 Å². The van der Waals surface area contributed by atoms with Crippen LogP contribution in [0.1, 0.15) is 24.1 Å². The normalized spacial score (nSPS) is 16.2. The number of urea groups is 1. The maximum Gasteiger partial charge on any atom is 0.337 e. The second kappa shape index (κ2) is 8.64. The Hall–Kier alpha value is -3.88. The number of carbonyl (C=O) groups excluding carboxylic acids is 2. The zero-order valence-electron chi connectivity index (χ0n) is 16.7. The van der Waals surface area contributed by atoms with E-state index in [2.05, 4.69) is 5.32 Å². The minimum Gasteiger partial charge on any atom is -0.489 e. The van der Waals surface area contributed by atoms with E-state index in [0.717, 1.165) is 5.56 Å². The fourth-order valence-corrected chi connectivity index (χ4v) is 3.10. The fourth-order valence-electron chi connectivity index (χ4n) is 3.10. The van der Waals surface area contributed by atoms with Crippen molar-refractivity contribution in [1.29, 1.82) is 0 Å². The highest BCUT2D eigenvalue weighted by Crippen LogP contribution is 2.31. The van der Waals surface area contributed by atoms with Crippen LogP contribution in [0.25, 0.3) is 0 Å². The fraction of sp³-hybridized carbons (Fsp3) is 0.238. The van der Waals surface area contributed by atoms with Gasteiger partial charge in [0.2, 0.25) is 0 Å². The monoisotopic (exact) mass is 411 g/mol. The summed E-state index contributed by atoms with van der Waals surface area (Å²) in [5, 5.41) is 13.5. The quantitative estimate of drug-likeness (QED) is 0.443. The molecular weight excluding hydrogens is 390 g/mol. The van der Waals surface area contributed by atoms with Gasteiger partial charge in [-0.1, -0.05) is 12.1 Å². The molecule has 0 saturated heterocycles. The molecule has 0 saturated carbocycles. The number of amides is 2. The third kappa shape index (κ3) is 4.24. The highest BCUT2D eigenvalue weighted by Gasteiger charge is 2.34. The van der Waals surface area contributed by atoms with Gasteiger partial charge in [0.25, 0.3) is 5.69 Å². The van der Waals surface area contributed by atoms with Crippen LogP contribution in [0.2, 0.25) is 0 Å². The molecule has 1 heterocycles. The van der Waals surface area contributed by atoms with Crippen LogP contribution in [-0.2, 0) is 16.1 Å². The Morgan fingerprint density at radius 3 is 2.37 bits per heavy atom. The highest BCUT2D eigenvalue weighted by molar-refractivity contribution is 5.94. The summed E-state index contributed by atoms with van der Waals surface area (Å²) in [5.41, 5.74) is 2.40. The molecule has 2 aromatic rings. The summed E-state index contributed by atoms with van der Waals surface area (Å²) in [4.78, 5) is 36.1. The first-order valence-corrected chi connectivity index (χ1v) is 9.11. The Labute approximate surface area is 173 Å². The first-order valence-electron chi connectivity index (χ1n) is 9.11. The van der Waals surface area contributed by atoms with Gasteiger partial charge in [0.1, 0.15) is 12.4 Å². The summed E-state index contributed by atoms with van der Waals surface area (Å²) in [6.07, 6.45) is 0. The minimum absolute atomic E-state index is 0.0213.